The molecule has 3 aromatic rings. The number of ether oxygens (including phenoxy) is 1. The van der Waals surface area contributed by atoms with Gasteiger partial charge in [0.1, 0.15) is 17.4 Å². The molecule has 9 heteroatoms. The Labute approximate surface area is 163 Å². The molecule has 2 aromatic carbocycles. The molecule has 0 saturated heterocycles. The number of alkyl halides is 3. The normalized spacial score (nSPS) is 13.8. The van der Waals surface area contributed by atoms with Gasteiger partial charge in [0.15, 0.2) is 0 Å². The quantitative estimate of drug-likeness (QED) is 0.532. The number of aromatic nitrogens is 2. The third-order valence-corrected chi connectivity index (χ3v) is 4.10. The lowest BCUT2D eigenvalue weighted by atomic mass is 10.1. The maximum Gasteiger partial charge on any atom is 0.573 e. The van der Waals surface area contributed by atoms with Crippen LogP contribution in [0.1, 0.15) is 12.8 Å². The zero-order chi connectivity index (χ0) is 20.4. The summed E-state index contributed by atoms with van der Waals surface area (Å²) in [6, 6.07) is 13.3. The Hall–Kier alpha value is -3.36. The Morgan fingerprint density at radius 3 is 2.48 bits per heavy atom. The summed E-state index contributed by atoms with van der Waals surface area (Å²) in [5.74, 6) is -0.0282. The highest BCUT2D eigenvalue weighted by molar-refractivity contribution is 5.68. The molecule has 1 saturated carbocycles. The van der Waals surface area contributed by atoms with Gasteiger partial charge in [-0.2, -0.15) is 4.98 Å². The number of hydrogen-bond donors (Lipinski definition) is 2. The lowest BCUT2D eigenvalue weighted by Gasteiger charge is -2.13. The van der Waals surface area contributed by atoms with Crippen LogP contribution in [0, 0.1) is 5.82 Å². The lowest BCUT2D eigenvalue weighted by molar-refractivity contribution is -0.274. The zero-order valence-electron chi connectivity index (χ0n) is 15.0. The number of rotatable bonds is 6. The molecule has 0 amide bonds. The van der Waals surface area contributed by atoms with Crippen LogP contribution >= 0.6 is 0 Å². The van der Waals surface area contributed by atoms with E-state index in [0.717, 1.165) is 12.8 Å². The van der Waals surface area contributed by atoms with Crippen molar-refractivity contribution in [1.82, 2.24) is 9.97 Å². The van der Waals surface area contributed by atoms with Crippen molar-refractivity contribution in [3.8, 4) is 17.0 Å². The largest absolute Gasteiger partial charge is 0.573 e. The average molecular weight is 404 g/mol. The molecule has 29 heavy (non-hydrogen) atoms. The molecule has 1 heterocycles. The monoisotopic (exact) mass is 404 g/mol. The van der Waals surface area contributed by atoms with Gasteiger partial charge in [0.05, 0.1) is 5.69 Å². The third kappa shape index (κ3) is 5.34. The van der Waals surface area contributed by atoms with Crippen LogP contribution in [-0.2, 0) is 0 Å². The van der Waals surface area contributed by atoms with Gasteiger partial charge in [0.25, 0.3) is 0 Å². The van der Waals surface area contributed by atoms with Gasteiger partial charge in [0.2, 0.25) is 5.95 Å². The van der Waals surface area contributed by atoms with Crippen LogP contribution in [0.3, 0.4) is 0 Å². The average Bonchev–Trinajstić information content (AvgIpc) is 3.44. The molecule has 1 aromatic heterocycles. The van der Waals surface area contributed by atoms with Crippen molar-refractivity contribution in [3.05, 3.63) is 60.4 Å². The maximum atomic E-state index is 13.5. The first kappa shape index (κ1) is 19.0. The van der Waals surface area contributed by atoms with E-state index in [9.17, 15) is 17.6 Å². The highest BCUT2D eigenvalue weighted by atomic mass is 19.4. The van der Waals surface area contributed by atoms with E-state index in [1.165, 1.54) is 30.3 Å². The summed E-state index contributed by atoms with van der Waals surface area (Å²) in [5.41, 5.74) is 1.31. The molecule has 0 spiro atoms. The molecular formula is C20H16F4N4O. The predicted octanol–water partition coefficient (Wildman–Crippen LogP) is 5.50. The van der Waals surface area contributed by atoms with Gasteiger partial charge in [-0.1, -0.05) is 18.2 Å². The lowest BCUT2D eigenvalue weighted by Crippen LogP contribution is -2.17. The molecular weight excluding hydrogens is 388 g/mol. The molecule has 0 unspecified atom stereocenters. The van der Waals surface area contributed by atoms with E-state index in [-0.39, 0.29) is 11.8 Å². The van der Waals surface area contributed by atoms with Crippen molar-refractivity contribution in [2.45, 2.75) is 25.2 Å². The predicted molar refractivity (Wildman–Crippen MR) is 100 cm³/mol. The van der Waals surface area contributed by atoms with E-state index in [0.29, 0.717) is 28.7 Å². The van der Waals surface area contributed by atoms with Gasteiger partial charge in [-0.05, 0) is 43.2 Å². The number of anilines is 3. The van der Waals surface area contributed by atoms with Crippen LogP contribution in [0.4, 0.5) is 35.0 Å². The molecule has 150 valence electrons. The van der Waals surface area contributed by atoms with E-state index in [4.69, 9.17) is 0 Å². The molecule has 2 N–H and O–H groups in total. The molecule has 5 nitrogen and oxygen atoms in total. The third-order valence-electron chi connectivity index (χ3n) is 4.10. The summed E-state index contributed by atoms with van der Waals surface area (Å²) < 4.78 is 55.0. The molecule has 1 fully saturated rings. The second-order valence-corrected chi connectivity index (χ2v) is 6.59. The van der Waals surface area contributed by atoms with E-state index in [1.807, 2.05) is 0 Å². The van der Waals surface area contributed by atoms with Crippen LogP contribution in [0.2, 0.25) is 0 Å². The number of nitrogens with zero attached hydrogens (tertiary/aromatic N) is 2. The van der Waals surface area contributed by atoms with Crippen LogP contribution < -0.4 is 15.4 Å². The minimum absolute atomic E-state index is 0.271. The Morgan fingerprint density at radius 1 is 0.966 bits per heavy atom. The van der Waals surface area contributed by atoms with Crippen molar-refractivity contribution in [2.24, 2.45) is 0 Å². The first-order chi connectivity index (χ1) is 13.8. The van der Waals surface area contributed by atoms with Crippen molar-refractivity contribution >= 4 is 17.5 Å². The van der Waals surface area contributed by atoms with Crippen molar-refractivity contribution in [1.29, 1.82) is 0 Å². The number of nitrogens with one attached hydrogen (secondary N) is 2. The van der Waals surface area contributed by atoms with Crippen molar-refractivity contribution in [2.75, 3.05) is 10.6 Å². The second kappa shape index (κ2) is 7.57. The van der Waals surface area contributed by atoms with Gasteiger partial charge in [-0.3, -0.25) is 0 Å². The van der Waals surface area contributed by atoms with Gasteiger partial charge in [-0.25, -0.2) is 9.37 Å². The van der Waals surface area contributed by atoms with Gasteiger partial charge in [-0.15, -0.1) is 13.2 Å². The molecule has 0 aliphatic heterocycles. The van der Waals surface area contributed by atoms with Gasteiger partial charge < -0.3 is 15.4 Å². The highest BCUT2D eigenvalue weighted by Crippen LogP contribution is 2.30. The minimum atomic E-state index is -4.78. The SMILES string of the molecule is Fc1cccc(Nc2cc(-c3cccc(OC(F)(F)F)c3)nc(NC3CC3)n2)c1. The molecule has 0 bridgehead atoms. The van der Waals surface area contributed by atoms with Crippen molar-refractivity contribution in [3.63, 3.8) is 0 Å². The summed E-state index contributed by atoms with van der Waals surface area (Å²) in [4.78, 5) is 8.79. The van der Waals surface area contributed by atoms with Gasteiger partial charge >= 0.3 is 6.36 Å². The summed E-state index contributed by atoms with van der Waals surface area (Å²) in [6.07, 6.45) is -2.79. The molecule has 4 rings (SSSR count). The van der Waals surface area contributed by atoms with Crippen LogP contribution in [0.5, 0.6) is 5.75 Å². The number of halogens is 4. The number of benzene rings is 2. The van der Waals surface area contributed by atoms with Crippen LogP contribution in [0.25, 0.3) is 11.3 Å². The minimum Gasteiger partial charge on any atom is -0.406 e. The smallest absolute Gasteiger partial charge is 0.406 e. The Bertz CT molecular complexity index is 1020. The van der Waals surface area contributed by atoms with Crippen LogP contribution in [-0.4, -0.2) is 22.4 Å². The van der Waals surface area contributed by atoms with E-state index < -0.39 is 12.2 Å². The summed E-state index contributed by atoms with van der Waals surface area (Å²) in [5, 5.41) is 6.17. The topological polar surface area (TPSA) is 59.1 Å². The first-order valence-corrected chi connectivity index (χ1v) is 8.88. The standard InChI is InChI=1S/C20H16F4N4O/c21-13-4-2-5-15(10-13)25-18-11-17(27-19(28-18)26-14-7-8-14)12-3-1-6-16(9-12)29-20(22,23)24/h1-6,9-11,14H,7-8H2,(H2,25,26,27,28). The fraction of sp³-hybridized carbons (Fsp3) is 0.200. The second-order valence-electron chi connectivity index (χ2n) is 6.59. The zero-order valence-corrected chi connectivity index (χ0v) is 15.0. The molecule has 1 aliphatic carbocycles. The molecule has 0 atom stereocenters. The number of hydrogen-bond acceptors (Lipinski definition) is 5. The summed E-state index contributed by atoms with van der Waals surface area (Å²) >= 11 is 0. The van der Waals surface area contributed by atoms with E-state index in [2.05, 4.69) is 25.3 Å². The molecule has 1 aliphatic rings. The Morgan fingerprint density at radius 2 is 1.76 bits per heavy atom. The Balaban J connectivity index is 1.67. The fourth-order valence-electron chi connectivity index (χ4n) is 2.70. The maximum absolute atomic E-state index is 13.5. The first-order valence-electron chi connectivity index (χ1n) is 8.88. The highest BCUT2D eigenvalue weighted by Gasteiger charge is 2.31. The van der Waals surface area contributed by atoms with Gasteiger partial charge in [0, 0.05) is 23.4 Å². The summed E-state index contributed by atoms with van der Waals surface area (Å²) in [6.45, 7) is 0. The van der Waals surface area contributed by atoms with E-state index in [1.54, 1.807) is 24.3 Å². The van der Waals surface area contributed by atoms with Crippen LogP contribution in [0.15, 0.2) is 54.6 Å². The van der Waals surface area contributed by atoms with Crippen molar-refractivity contribution < 1.29 is 22.3 Å². The fourth-order valence-corrected chi connectivity index (χ4v) is 2.70. The summed E-state index contributed by atoms with van der Waals surface area (Å²) in [7, 11) is 0. The molecule has 0 radical (unpaired) electrons. The van der Waals surface area contributed by atoms with E-state index >= 15 is 0 Å². The Kier molecular flexibility index (Phi) is 4.96.